The van der Waals surface area contributed by atoms with E-state index in [4.69, 9.17) is 11.6 Å². The Bertz CT molecular complexity index is 606. The molecule has 19 heavy (non-hydrogen) atoms. The predicted octanol–water partition coefficient (Wildman–Crippen LogP) is 4.11. The lowest BCUT2D eigenvalue weighted by atomic mass is 10.2. The molecule has 0 aliphatic heterocycles. The smallest absolute Gasteiger partial charge is 0.258 e. The Morgan fingerprint density at radius 2 is 2.26 bits per heavy atom. The van der Waals surface area contributed by atoms with Gasteiger partial charge in [-0.25, -0.2) is 0 Å². The Balaban J connectivity index is 2.43. The number of nitrogens with zero attached hydrogens (tertiary/aromatic N) is 2. The third kappa shape index (κ3) is 3.16. The number of hydrogen-bond acceptors (Lipinski definition) is 4. The van der Waals surface area contributed by atoms with E-state index in [2.05, 4.69) is 4.98 Å². The molecule has 100 valence electrons. The molecule has 0 saturated carbocycles. The number of nitro groups is 1. The summed E-state index contributed by atoms with van der Waals surface area (Å²) in [5, 5.41) is 11.9. The molecule has 1 aromatic carbocycles. The molecule has 4 nitrogen and oxygen atoms in total. The van der Waals surface area contributed by atoms with Crippen molar-refractivity contribution in [3.05, 3.63) is 40.6 Å². The Morgan fingerprint density at radius 3 is 2.95 bits per heavy atom. The topological polar surface area (TPSA) is 56.0 Å². The first-order valence-electron chi connectivity index (χ1n) is 5.84. The molecular weight excluding hydrogens is 284 g/mol. The number of pyridine rings is 1. The Hall–Kier alpha value is -1.33. The van der Waals surface area contributed by atoms with Crippen LogP contribution in [0.3, 0.4) is 0 Å². The second kappa shape index (κ2) is 6.21. The van der Waals surface area contributed by atoms with Crippen molar-refractivity contribution in [2.75, 3.05) is 11.6 Å². The molecule has 1 atom stereocenters. The molecule has 0 aliphatic rings. The van der Waals surface area contributed by atoms with E-state index in [1.807, 2.05) is 13.0 Å². The average Bonchev–Trinajstić information content (AvgIpc) is 2.43. The van der Waals surface area contributed by atoms with Gasteiger partial charge in [-0.3, -0.25) is 15.1 Å². The summed E-state index contributed by atoms with van der Waals surface area (Å²) in [6, 6.07) is 7.02. The van der Waals surface area contributed by atoms with Crippen molar-refractivity contribution in [3.63, 3.8) is 0 Å². The Morgan fingerprint density at radius 1 is 1.47 bits per heavy atom. The summed E-state index contributed by atoms with van der Waals surface area (Å²) in [6.07, 6.45) is 1.63. The summed E-state index contributed by atoms with van der Waals surface area (Å²) in [4.78, 5) is 15.8. The zero-order valence-corrected chi connectivity index (χ0v) is 11.9. The number of benzene rings is 1. The fourth-order valence-corrected chi connectivity index (χ4v) is 3.00. The molecule has 1 heterocycles. The maximum atomic E-state index is 11.3. The highest BCUT2D eigenvalue weighted by molar-refractivity contribution is 7.99. The van der Waals surface area contributed by atoms with Gasteiger partial charge in [-0.2, -0.15) is 0 Å². The number of rotatable bonds is 5. The van der Waals surface area contributed by atoms with Crippen molar-refractivity contribution < 1.29 is 4.92 Å². The number of halogens is 1. The normalized spacial score (nSPS) is 12.5. The molecule has 0 saturated heterocycles. The van der Waals surface area contributed by atoms with E-state index in [0.717, 1.165) is 5.75 Å². The van der Waals surface area contributed by atoms with Crippen molar-refractivity contribution >= 4 is 40.0 Å². The van der Waals surface area contributed by atoms with Crippen molar-refractivity contribution in [2.24, 2.45) is 5.92 Å². The van der Waals surface area contributed by atoms with Gasteiger partial charge >= 0.3 is 0 Å². The van der Waals surface area contributed by atoms with Gasteiger partial charge < -0.3 is 0 Å². The lowest BCUT2D eigenvalue weighted by Gasteiger charge is -2.08. The standard InChI is InChI=1S/C13H13ClN2O2S/c1-9(7-14)8-19-12-5-4-11-10(3-2-6-15-11)13(12)16(17)18/h2-6,9H,7-8H2,1H3. The summed E-state index contributed by atoms with van der Waals surface area (Å²) in [7, 11) is 0. The van der Waals surface area contributed by atoms with Crippen LogP contribution in [0.5, 0.6) is 0 Å². The monoisotopic (exact) mass is 296 g/mol. The lowest BCUT2D eigenvalue weighted by molar-refractivity contribution is -0.385. The Kier molecular flexibility index (Phi) is 4.61. The summed E-state index contributed by atoms with van der Waals surface area (Å²) >= 11 is 7.23. The summed E-state index contributed by atoms with van der Waals surface area (Å²) in [5.41, 5.74) is 0.779. The maximum Gasteiger partial charge on any atom is 0.292 e. The molecule has 0 aliphatic carbocycles. The molecule has 0 N–H and O–H groups in total. The molecule has 6 heteroatoms. The van der Waals surface area contributed by atoms with Gasteiger partial charge in [0.05, 0.1) is 20.7 Å². The van der Waals surface area contributed by atoms with E-state index in [-0.39, 0.29) is 10.6 Å². The SMILES string of the molecule is CC(CCl)CSc1ccc2ncccc2c1[N+](=O)[O-]. The van der Waals surface area contributed by atoms with Crippen LogP contribution in [0.4, 0.5) is 5.69 Å². The molecule has 2 aromatic rings. The van der Waals surface area contributed by atoms with Crippen molar-refractivity contribution in [2.45, 2.75) is 11.8 Å². The fourth-order valence-electron chi connectivity index (χ4n) is 1.70. The highest BCUT2D eigenvalue weighted by Gasteiger charge is 2.19. The van der Waals surface area contributed by atoms with E-state index in [1.165, 1.54) is 11.8 Å². The first-order valence-corrected chi connectivity index (χ1v) is 7.36. The minimum absolute atomic E-state index is 0.136. The van der Waals surface area contributed by atoms with Crippen LogP contribution in [0.15, 0.2) is 35.4 Å². The third-order valence-electron chi connectivity index (χ3n) is 2.69. The fraction of sp³-hybridized carbons (Fsp3) is 0.308. The van der Waals surface area contributed by atoms with Crippen molar-refractivity contribution in [1.29, 1.82) is 0 Å². The first-order chi connectivity index (χ1) is 9.13. The van der Waals surface area contributed by atoms with Crippen LogP contribution in [0.25, 0.3) is 10.9 Å². The number of thioether (sulfide) groups is 1. The largest absolute Gasteiger partial charge is 0.292 e. The number of hydrogen-bond donors (Lipinski definition) is 0. The Labute approximate surface area is 120 Å². The van der Waals surface area contributed by atoms with E-state index < -0.39 is 0 Å². The van der Waals surface area contributed by atoms with Gasteiger partial charge in [0.2, 0.25) is 0 Å². The number of nitro benzene ring substituents is 1. The van der Waals surface area contributed by atoms with E-state index in [1.54, 1.807) is 24.4 Å². The van der Waals surface area contributed by atoms with Crippen LogP contribution in [0, 0.1) is 16.0 Å². The van der Waals surface area contributed by atoms with E-state index in [0.29, 0.717) is 27.6 Å². The molecule has 0 bridgehead atoms. The van der Waals surface area contributed by atoms with E-state index in [9.17, 15) is 10.1 Å². The van der Waals surface area contributed by atoms with Gasteiger partial charge in [-0.05, 0) is 30.2 Å². The number of fused-ring (bicyclic) bond motifs is 1. The van der Waals surface area contributed by atoms with Gasteiger partial charge in [0, 0.05) is 17.8 Å². The molecular formula is C13H13ClN2O2S. The molecule has 2 rings (SSSR count). The number of alkyl halides is 1. The summed E-state index contributed by atoms with van der Waals surface area (Å²) in [5.74, 6) is 1.63. The quantitative estimate of drug-likeness (QED) is 0.360. The molecule has 0 fully saturated rings. The second-order valence-electron chi connectivity index (χ2n) is 4.31. The van der Waals surface area contributed by atoms with Gasteiger partial charge in [0.1, 0.15) is 0 Å². The molecule has 0 radical (unpaired) electrons. The highest BCUT2D eigenvalue weighted by Crippen LogP contribution is 2.36. The minimum atomic E-state index is -0.336. The van der Waals surface area contributed by atoms with Crippen LogP contribution in [-0.4, -0.2) is 21.5 Å². The van der Waals surface area contributed by atoms with Crippen LogP contribution in [-0.2, 0) is 0 Å². The predicted molar refractivity (Wildman–Crippen MR) is 79.0 cm³/mol. The van der Waals surface area contributed by atoms with Gasteiger partial charge in [-0.1, -0.05) is 6.92 Å². The zero-order valence-electron chi connectivity index (χ0n) is 10.4. The third-order valence-corrected chi connectivity index (χ3v) is 4.59. The van der Waals surface area contributed by atoms with Gasteiger partial charge in [-0.15, -0.1) is 23.4 Å². The minimum Gasteiger partial charge on any atom is -0.258 e. The second-order valence-corrected chi connectivity index (χ2v) is 5.68. The molecule has 1 unspecified atom stereocenters. The molecule has 1 aromatic heterocycles. The zero-order chi connectivity index (χ0) is 13.8. The molecule has 0 spiro atoms. The van der Waals surface area contributed by atoms with Gasteiger partial charge in [0.15, 0.2) is 0 Å². The summed E-state index contributed by atoms with van der Waals surface area (Å²) < 4.78 is 0. The van der Waals surface area contributed by atoms with Gasteiger partial charge in [0.25, 0.3) is 5.69 Å². The van der Waals surface area contributed by atoms with Crippen LogP contribution >= 0.6 is 23.4 Å². The van der Waals surface area contributed by atoms with Crippen molar-refractivity contribution in [3.8, 4) is 0 Å². The van der Waals surface area contributed by atoms with Crippen LogP contribution in [0.2, 0.25) is 0 Å². The lowest BCUT2D eigenvalue weighted by Crippen LogP contribution is -2.00. The number of aromatic nitrogens is 1. The van der Waals surface area contributed by atoms with Crippen molar-refractivity contribution in [1.82, 2.24) is 4.98 Å². The average molecular weight is 297 g/mol. The highest BCUT2D eigenvalue weighted by atomic mass is 35.5. The summed E-state index contributed by atoms with van der Waals surface area (Å²) in [6.45, 7) is 2.02. The first kappa shape index (κ1) is 14.1. The van der Waals surface area contributed by atoms with Crippen LogP contribution < -0.4 is 0 Å². The van der Waals surface area contributed by atoms with Crippen LogP contribution in [0.1, 0.15) is 6.92 Å². The molecule has 0 amide bonds. The van der Waals surface area contributed by atoms with E-state index >= 15 is 0 Å². The maximum absolute atomic E-state index is 11.3.